The average molecular weight is 386 g/mol. The van der Waals surface area contributed by atoms with Gasteiger partial charge in [0.25, 0.3) is 0 Å². The predicted molar refractivity (Wildman–Crippen MR) is 112 cm³/mol. The minimum Gasteiger partial charge on any atom is -0.422 e. The van der Waals surface area contributed by atoms with E-state index in [1.807, 2.05) is 6.07 Å². The van der Waals surface area contributed by atoms with Crippen LogP contribution in [-0.2, 0) is 16.1 Å². The largest absolute Gasteiger partial charge is 0.422 e. The normalized spacial score (nSPS) is 11.5. The zero-order valence-corrected chi connectivity index (χ0v) is 17.7. The smallest absolute Gasteiger partial charge is 0.313 e. The van der Waals surface area contributed by atoms with Gasteiger partial charge in [0.1, 0.15) is 0 Å². The highest BCUT2D eigenvalue weighted by molar-refractivity contribution is 5.89. The molecule has 0 aliphatic carbocycles. The predicted octanol–water partition coefficient (Wildman–Crippen LogP) is 4.80. The third-order valence-electron chi connectivity index (χ3n) is 4.63. The Hall–Kier alpha value is -2.40. The van der Waals surface area contributed by atoms with Crippen molar-refractivity contribution in [1.82, 2.24) is 4.90 Å². The van der Waals surface area contributed by atoms with E-state index in [4.69, 9.17) is 9.47 Å². The Morgan fingerprint density at radius 1 is 0.821 bits per heavy atom. The maximum absolute atomic E-state index is 12.1. The zero-order valence-electron chi connectivity index (χ0n) is 17.7. The molecule has 0 spiro atoms. The van der Waals surface area contributed by atoms with Gasteiger partial charge in [-0.15, -0.1) is 0 Å². The summed E-state index contributed by atoms with van der Waals surface area (Å²) in [6, 6.07) is 9.72. The lowest BCUT2D eigenvalue weighted by Crippen LogP contribution is -2.22. The van der Waals surface area contributed by atoms with Crippen LogP contribution < -0.4 is 9.47 Å². The number of carbonyl (C=O) groups excluding carboxylic acids is 2. The molecule has 0 aromatic heterocycles. The van der Waals surface area contributed by atoms with Crippen LogP contribution >= 0.6 is 0 Å². The van der Waals surface area contributed by atoms with Gasteiger partial charge >= 0.3 is 11.9 Å². The van der Waals surface area contributed by atoms with Crippen LogP contribution in [0.4, 0.5) is 0 Å². The van der Waals surface area contributed by atoms with Gasteiger partial charge in [-0.2, -0.15) is 0 Å². The quantitative estimate of drug-likeness (QED) is 0.482. The Labute approximate surface area is 167 Å². The highest BCUT2D eigenvalue weighted by atomic mass is 16.6. The molecule has 2 aromatic rings. The molecule has 0 saturated heterocycles. The molecule has 28 heavy (non-hydrogen) atoms. The fourth-order valence-electron chi connectivity index (χ4n) is 2.72. The minimum absolute atomic E-state index is 0.275. The number of hydrogen-bond donors (Lipinski definition) is 0. The Morgan fingerprint density at radius 2 is 1.32 bits per heavy atom. The molecule has 0 atom stereocenters. The van der Waals surface area contributed by atoms with Gasteiger partial charge in [0.05, 0.1) is 11.8 Å². The van der Waals surface area contributed by atoms with Gasteiger partial charge in [0, 0.05) is 6.54 Å². The van der Waals surface area contributed by atoms with Gasteiger partial charge in [0.15, 0.2) is 11.5 Å². The molecule has 0 amide bonds. The van der Waals surface area contributed by atoms with Crippen LogP contribution in [0.25, 0.3) is 10.8 Å². The van der Waals surface area contributed by atoms with E-state index in [1.54, 1.807) is 39.8 Å². The third-order valence-corrected chi connectivity index (χ3v) is 4.63. The first kappa shape index (κ1) is 21.9. The van der Waals surface area contributed by atoms with Crippen molar-refractivity contribution in [3.05, 3.63) is 35.9 Å². The van der Waals surface area contributed by atoms with E-state index in [0.717, 1.165) is 30.4 Å². The van der Waals surface area contributed by atoms with Crippen molar-refractivity contribution >= 4 is 22.7 Å². The molecule has 0 heterocycles. The highest BCUT2D eigenvalue weighted by Gasteiger charge is 2.19. The Morgan fingerprint density at radius 3 is 1.79 bits per heavy atom. The topological polar surface area (TPSA) is 55.8 Å². The van der Waals surface area contributed by atoms with Gasteiger partial charge in [-0.3, -0.25) is 14.5 Å². The Balaban J connectivity index is 2.45. The monoisotopic (exact) mass is 385 g/mol. The first-order valence-corrected chi connectivity index (χ1v) is 9.97. The van der Waals surface area contributed by atoms with Crippen molar-refractivity contribution in [2.45, 2.75) is 48.1 Å². The van der Waals surface area contributed by atoms with Gasteiger partial charge in [0.2, 0.25) is 0 Å². The second-order valence-corrected chi connectivity index (χ2v) is 7.59. The van der Waals surface area contributed by atoms with E-state index in [-0.39, 0.29) is 35.3 Å². The summed E-state index contributed by atoms with van der Waals surface area (Å²) in [5.41, 5.74) is 1.18. The molecule has 5 nitrogen and oxygen atoms in total. The van der Waals surface area contributed by atoms with Gasteiger partial charge in [-0.05, 0) is 47.6 Å². The van der Waals surface area contributed by atoms with Crippen molar-refractivity contribution in [3.8, 4) is 11.5 Å². The molecule has 0 aliphatic heterocycles. The summed E-state index contributed by atoms with van der Waals surface area (Å²) < 4.78 is 11.0. The number of ether oxygens (including phenoxy) is 2. The van der Waals surface area contributed by atoms with Crippen molar-refractivity contribution < 1.29 is 19.1 Å². The number of nitrogens with zero attached hydrogens (tertiary/aromatic N) is 1. The summed E-state index contributed by atoms with van der Waals surface area (Å²) in [5.74, 6) is -0.726. The van der Waals surface area contributed by atoms with E-state index in [1.165, 1.54) is 5.56 Å². The van der Waals surface area contributed by atoms with Gasteiger partial charge in [-0.25, -0.2) is 0 Å². The zero-order chi connectivity index (χ0) is 20.8. The maximum atomic E-state index is 12.1. The van der Waals surface area contributed by atoms with Crippen molar-refractivity contribution in [2.24, 2.45) is 11.8 Å². The molecular formula is C23H31NO4. The fourth-order valence-corrected chi connectivity index (χ4v) is 2.72. The van der Waals surface area contributed by atoms with E-state index in [0.29, 0.717) is 0 Å². The molecule has 2 aromatic carbocycles. The number of fused-ring (bicyclic) bond motifs is 1. The lowest BCUT2D eigenvalue weighted by atomic mass is 10.1. The number of carbonyl (C=O) groups is 2. The molecule has 0 bridgehead atoms. The summed E-state index contributed by atoms with van der Waals surface area (Å²) in [6.45, 7) is 14.2. The second kappa shape index (κ2) is 9.69. The fraction of sp³-hybridized carbons (Fsp3) is 0.478. The Bertz CT molecular complexity index is 838. The summed E-state index contributed by atoms with van der Waals surface area (Å²) in [5, 5.41) is 1.87. The van der Waals surface area contributed by atoms with Crippen LogP contribution in [0.15, 0.2) is 30.3 Å². The average Bonchev–Trinajstić information content (AvgIpc) is 2.66. The SMILES string of the molecule is CCN(CC)Cc1ccc2cc(OC(=O)C(C)C)c(OC(=O)C(C)C)cc2c1. The summed E-state index contributed by atoms with van der Waals surface area (Å²) >= 11 is 0. The van der Waals surface area contributed by atoms with Crippen LogP contribution in [0.2, 0.25) is 0 Å². The van der Waals surface area contributed by atoms with E-state index < -0.39 is 0 Å². The molecule has 0 aliphatic rings. The van der Waals surface area contributed by atoms with Crippen LogP contribution in [0.3, 0.4) is 0 Å². The molecule has 0 N–H and O–H groups in total. The number of rotatable bonds is 8. The number of benzene rings is 2. The van der Waals surface area contributed by atoms with Crippen LogP contribution in [0, 0.1) is 11.8 Å². The second-order valence-electron chi connectivity index (χ2n) is 7.59. The van der Waals surface area contributed by atoms with Crippen molar-refractivity contribution in [3.63, 3.8) is 0 Å². The van der Waals surface area contributed by atoms with E-state index >= 15 is 0 Å². The molecule has 0 unspecified atom stereocenters. The molecular weight excluding hydrogens is 354 g/mol. The highest BCUT2D eigenvalue weighted by Crippen LogP contribution is 2.34. The van der Waals surface area contributed by atoms with Crippen molar-refractivity contribution in [1.29, 1.82) is 0 Å². The van der Waals surface area contributed by atoms with Gasteiger partial charge in [-0.1, -0.05) is 53.7 Å². The lowest BCUT2D eigenvalue weighted by molar-refractivity contribution is -0.140. The molecule has 0 saturated carbocycles. The third kappa shape index (κ3) is 5.55. The summed E-state index contributed by atoms with van der Waals surface area (Å²) in [4.78, 5) is 26.6. The Kier molecular flexibility index (Phi) is 7.58. The van der Waals surface area contributed by atoms with E-state index in [2.05, 4.69) is 30.9 Å². The summed E-state index contributed by atoms with van der Waals surface area (Å²) in [7, 11) is 0. The number of hydrogen-bond acceptors (Lipinski definition) is 5. The number of esters is 2. The molecule has 0 fully saturated rings. The molecule has 0 radical (unpaired) electrons. The first-order valence-electron chi connectivity index (χ1n) is 9.97. The molecule has 5 heteroatoms. The van der Waals surface area contributed by atoms with Crippen molar-refractivity contribution in [2.75, 3.05) is 13.1 Å². The standard InChI is InChI=1S/C23H31NO4/c1-7-24(8-2)14-17-9-10-18-12-20(27-22(25)15(3)4)21(13-19(18)11-17)28-23(26)16(5)6/h9-13,15-16H,7-8,14H2,1-6H3. The molecule has 152 valence electrons. The minimum atomic E-state index is -0.362. The van der Waals surface area contributed by atoms with Crippen LogP contribution in [0.1, 0.15) is 47.1 Å². The maximum Gasteiger partial charge on any atom is 0.313 e. The van der Waals surface area contributed by atoms with Crippen LogP contribution in [-0.4, -0.2) is 29.9 Å². The van der Waals surface area contributed by atoms with Crippen LogP contribution in [0.5, 0.6) is 11.5 Å². The molecule has 2 rings (SSSR count). The van der Waals surface area contributed by atoms with E-state index in [9.17, 15) is 9.59 Å². The summed E-state index contributed by atoms with van der Waals surface area (Å²) in [6.07, 6.45) is 0. The van der Waals surface area contributed by atoms with Gasteiger partial charge < -0.3 is 9.47 Å². The lowest BCUT2D eigenvalue weighted by Gasteiger charge is -2.18. The first-order chi connectivity index (χ1) is 13.2.